The van der Waals surface area contributed by atoms with E-state index in [2.05, 4.69) is 10.6 Å². The number of carbonyl (C=O) groups excluding carboxylic acids is 2. The van der Waals surface area contributed by atoms with Crippen LogP contribution >= 0.6 is 0 Å². The van der Waals surface area contributed by atoms with E-state index < -0.39 is 29.6 Å². The van der Waals surface area contributed by atoms with Gasteiger partial charge in [-0.1, -0.05) is 66.7 Å². The van der Waals surface area contributed by atoms with Gasteiger partial charge in [-0.3, -0.25) is 9.59 Å². The molecule has 0 saturated heterocycles. The van der Waals surface area contributed by atoms with Crippen molar-refractivity contribution in [3.8, 4) is 0 Å². The van der Waals surface area contributed by atoms with Gasteiger partial charge in [0.15, 0.2) is 0 Å². The summed E-state index contributed by atoms with van der Waals surface area (Å²) in [6.45, 7) is 0. The van der Waals surface area contributed by atoms with Gasteiger partial charge >= 0.3 is 5.97 Å². The summed E-state index contributed by atoms with van der Waals surface area (Å²) in [6, 6.07) is 21.5. The lowest BCUT2D eigenvalue weighted by Crippen LogP contribution is -2.45. The predicted octanol–water partition coefficient (Wildman–Crippen LogP) is 3.41. The highest BCUT2D eigenvalue weighted by Gasteiger charge is 2.23. The van der Waals surface area contributed by atoms with Crippen LogP contribution in [0, 0.1) is 5.82 Å². The van der Waals surface area contributed by atoms with Gasteiger partial charge in [0.05, 0.1) is 0 Å². The van der Waals surface area contributed by atoms with Crippen LogP contribution in [0.4, 0.5) is 4.39 Å². The summed E-state index contributed by atoms with van der Waals surface area (Å²) in [6.07, 6.45) is 1.22. The van der Waals surface area contributed by atoms with E-state index >= 15 is 0 Å². The number of aliphatic carboxylic acids is 1. The van der Waals surface area contributed by atoms with Gasteiger partial charge in [-0.2, -0.15) is 0 Å². The van der Waals surface area contributed by atoms with E-state index in [1.807, 2.05) is 0 Å². The summed E-state index contributed by atoms with van der Waals surface area (Å²) in [5.41, 5.74) is 0.802. The molecule has 1 atom stereocenters. The van der Waals surface area contributed by atoms with Crippen molar-refractivity contribution in [2.45, 2.75) is 12.5 Å². The van der Waals surface area contributed by atoms with Crippen LogP contribution in [-0.2, 0) is 16.0 Å². The Kier molecular flexibility index (Phi) is 7.48. The molecule has 3 rings (SSSR count). The summed E-state index contributed by atoms with van der Waals surface area (Å²) in [5, 5.41) is 14.5. The zero-order valence-electron chi connectivity index (χ0n) is 17.0. The van der Waals surface area contributed by atoms with E-state index in [9.17, 15) is 23.9 Å². The highest BCUT2D eigenvalue weighted by atomic mass is 19.1. The van der Waals surface area contributed by atoms with E-state index in [0.717, 1.165) is 0 Å². The van der Waals surface area contributed by atoms with E-state index in [-0.39, 0.29) is 17.7 Å². The number of hydrogen-bond acceptors (Lipinski definition) is 3. The van der Waals surface area contributed by atoms with Gasteiger partial charge in [-0.15, -0.1) is 0 Å². The minimum Gasteiger partial charge on any atom is -0.480 e. The lowest BCUT2D eigenvalue weighted by molar-refractivity contribution is -0.141. The molecule has 0 bridgehead atoms. The third kappa shape index (κ3) is 6.12. The third-order valence-corrected chi connectivity index (χ3v) is 4.62. The number of carboxylic acids is 1. The molecule has 0 aliphatic rings. The van der Waals surface area contributed by atoms with E-state index in [4.69, 9.17) is 0 Å². The highest BCUT2D eigenvalue weighted by molar-refractivity contribution is 6.06. The minimum absolute atomic E-state index is 0.0432. The molecule has 0 radical (unpaired) electrons. The SMILES string of the molecule is O=C(NC(Cc1ccccc1)C(=O)O)/C(=C/c1ccccc1F)NC(=O)c1ccccc1. The Balaban J connectivity index is 1.87. The van der Waals surface area contributed by atoms with Crippen LogP contribution in [-0.4, -0.2) is 28.9 Å². The minimum atomic E-state index is -1.25. The molecule has 0 heterocycles. The number of carboxylic acid groups (broad SMARTS) is 1. The van der Waals surface area contributed by atoms with Gasteiger partial charge in [0.25, 0.3) is 11.8 Å². The first kappa shape index (κ1) is 22.4. The van der Waals surface area contributed by atoms with Gasteiger partial charge < -0.3 is 15.7 Å². The second kappa shape index (κ2) is 10.7. The number of carbonyl (C=O) groups is 3. The number of halogens is 1. The van der Waals surface area contributed by atoms with Crippen LogP contribution in [0.3, 0.4) is 0 Å². The number of nitrogens with one attached hydrogen (secondary N) is 2. The smallest absolute Gasteiger partial charge is 0.326 e. The standard InChI is InChI=1S/C25H21FN2O4/c26-20-14-8-7-13-19(20)16-21(27-23(29)18-11-5-2-6-12-18)24(30)28-22(25(31)32)15-17-9-3-1-4-10-17/h1-14,16,22H,15H2,(H,27,29)(H,28,30)(H,31,32)/b21-16-. The van der Waals surface area contributed by atoms with Crippen LogP contribution in [0.2, 0.25) is 0 Å². The predicted molar refractivity (Wildman–Crippen MR) is 118 cm³/mol. The summed E-state index contributed by atoms with van der Waals surface area (Å²) < 4.78 is 14.2. The Morgan fingerprint density at radius 3 is 2.09 bits per heavy atom. The maximum atomic E-state index is 14.2. The van der Waals surface area contributed by atoms with E-state index in [0.29, 0.717) is 11.1 Å². The summed E-state index contributed by atoms with van der Waals surface area (Å²) >= 11 is 0. The van der Waals surface area contributed by atoms with Crippen molar-refractivity contribution in [3.63, 3.8) is 0 Å². The van der Waals surface area contributed by atoms with Crippen LogP contribution in [0.1, 0.15) is 21.5 Å². The van der Waals surface area contributed by atoms with Gasteiger partial charge in [-0.25, -0.2) is 9.18 Å². The monoisotopic (exact) mass is 432 g/mol. The Morgan fingerprint density at radius 1 is 0.875 bits per heavy atom. The zero-order chi connectivity index (χ0) is 22.9. The quantitative estimate of drug-likeness (QED) is 0.476. The third-order valence-electron chi connectivity index (χ3n) is 4.62. The number of amides is 2. The summed E-state index contributed by atoms with van der Waals surface area (Å²) in [5.74, 6) is -3.26. The first-order valence-electron chi connectivity index (χ1n) is 9.84. The Morgan fingerprint density at radius 2 is 1.47 bits per heavy atom. The molecule has 7 heteroatoms. The van der Waals surface area contributed by atoms with Crippen molar-refractivity contribution >= 4 is 23.9 Å². The van der Waals surface area contributed by atoms with E-state index in [1.165, 1.54) is 24.3 Å². The van der Waals surface area contributed by atoms with Crippen molar-refractivity contribution in [3.05, 3.63) is 113 Å². The summed E-state index contributed by atoms with van der Waals surface area (Å²) in [4.78, 5) is 37.3. The van der Waals surface area contributed by atoms with Crippen LogP contribution in [0.15, 0.2) is 90.6 Å². The molecule has 2 amide bonds. The first-order chi connectivity index (χ1) is 15.4. The second-order valence-electron chi connectivity index (χ2n) is 6.95. The van der Waals surface area contributed by atoms with E-state index in [1.54, 1.807) is 66.7 Å². The largest absolute Gasteiger partial charge is 0.480 e. The normalized spacial score (nSPS) is 12.0. The first-order valence-corrected chi connectivity index (χ1v) is 9.84. The van der Waals surface area contributed by atoms with Crippen molar-refractivity contribution in [2.24, 2.45) is 0 Å². The van der Waals surface area contributed by atoms with Gasteiger partial charge in [-0.05, 0) is 29.8 Å². The van der Waals surface area contributed by atoms with Crippen molar-refractivity contribution in [1.29, 1.82) is 0 Å². The molecule has 0 aliphatic heterocycles. The topological polar surface area (TPSA) is 95.5 Å². The molecule has 0 aliphatic carbocycles. The number of benzene rings is 3. The number of rotatable bonds is 8. The fourth-order valence-electron chi connectivity index (χ4n) is 2.98. The lowest BCUT2D eigenvalue weighted by Gasteiger charge is -2.17. The lowest BCUT2D eigenvalue weighted by atomic mass is 10.1. The molecule has 0 fully saturated rings. The molecule has 3 aromatic carbocycles. The molecular formula is C25H21FN2O4. The molecular weight excluding hydrogens is 411 g/mol. The average molecular weight is 432 g/mol. The fraction of sp³-hybridized carbons (Fsp3) is 0.0800. The molecule has 0 aromatic heterocycles. The van der Waals surface area contributed by atoms with Gasteiger partial charge in [0.2, 0.25) is 0 Å². The molecule has 0 saturated carbocycles. The molecule has 1 unspecified atom stereocenters. The zero-order valence-corrected chi connectivity index (χ0v) is 17.0. The molecule has 6 nitrogen and oxygen atoms in total. The maximum absolute atomic E-state index is 14.2. The number of hydrogen-bond donors (Lipinski definition) is 3. The Labute approximate surface area is 184 Å². The Hall–Kier alpha value is -4.26. The van der Waals surface area contributed by atoms with Crippen LogP contribution < -0.4 is 10.6 Å². The maximum Gasteiger partial charge on any atom is 0.326 e. The highest BCUT2D eigenvalue weighted by Crippen LogP contribution is 2.12. The molecule has 32 heavy (non-hydrogen) atoms. The Bertz CT molecular complexity index is 1130. The van der Waals surface area contributed by atoms with Crippen molar-refractivity contribution in [1.82, 2.24) is 10.6 Å². The van der Waals surface area contributed by atoms with Crippen molar-refractivity contribution < 1.29 is 23.9 Å². The fourth-order valence-corrected chi connectivity index (χ4v) is 2.98. The molecule has 0 spiro atoms. The second-order valence-corrected chi connectivity index (χ2v) is 6.95. The average Bonchev–Trinajstić information content (AvgIpc) is 2.80. The van der Waals surface area contributed by atoms with Crippen LogP contribution in [0.25, 0.3) is 6.08 Å². The van der Waals surface area contributed by atoms with Crippen LogP contribution in [0.5, 0.6) is 0 Å². The van der Waals surface area contributed by atoms with Gasteiger partial charge in [0, 0.05) is 17.5 Å². The molecule has 162 valence electrons. The van der Waals surface area contributed by atoms with Gasteiger partial charge in [0.1, 0.15) is 17.6 Å². The molecule has 3 N–H and O–H groups in total. The molecule has 3 aromatic rings. The summed E-state index contributed by atoms with van der Waals surface area (Å²) in [7, 11) is 0. The van der Waals surface area contributed by atoms with Crippen molar-refractivity contribution in [2.75, 3.05) is 0 Å².